The van der Waals surface area contributed by atoms with Gasteiger partial charge in [-0.25, -0.2) is 8.42 Å². The van der Waals surface area contributed by atoms with Crippen LogP contribution in [0.25, 0.3) is 0 Å². The molecule has 0 amide bonds. The van der Waals surface area contributed by atoms with Gasteiger partial charge in [0.15, 0.2) is 0 Å². The Labute approximate surface area is 115 Å². The van der Waals surface area contributed by atoms with Gasteiger partial charge in [-0.1, -0.05) is 22.6 Å². The van der Waals surface area contributed by atoms with E-state index < -0.39 is 10.0 Å². The standard InChI is InChI=1S/C10H14INO2S2/c1-16(13,14)12-9-3-5-10(6-4-9)15-8-2-7-11/h3-6,12H,2,7-8H2,1H3. The summed E-state index contributed by atoms with van der Waals surface area (Å²) < 4.78 is 25.6. The quantitative estimate of drug-likeness (QED) is 0.362. The Morgan fingerprint density at radius 3 is 2.44 bits per heavy atom. The number of halogens is 1. The van der Waals surface area contributed by atoms with E-state index in [2.05, 4.69) is 27.3 Å². The van der Waals surface area contributed by atoms with Gasteiger partial charge in [-0.15, -0.1) is 11.8 Å². The highest BCUT2D eigenvalue weighted by molar-refractivity contribution is 14.1. The maximum atomic E-state index is 11.0. The van der Waals surface area contributed by atoms with E-state index in [9.17, 15) is 8.42 Å². The average molecular weight is 371 g/mol. The Morgan fingerprint density at radius 2 is 1.94 bits per heavy atom. The molecule has 6 heteroatoms. The second-order valence-electron chi connectivity index (χ2n) is 3.29. The molecule has 0 aliphatic carbocycles. The van der Waals surface area contributed by atoms with Crippen molar-refractivity contribution in [2.75, 3.05) is 21.2 Å². The first-order valence-corrected chi connectivity index (χ1v) is 9.18. The van der Waals surface area contributed by atoms with Crippen molar-refractivity contribution in [3.63, 3.8) is 0 Å². The van der Waals surface area contributed by atoms with E-state index in [1.54, 1.807) is 23.9 Å². The van der Waals surface area contributed by atoms with Gasteiger partial charge in [-0.2, -0.15) is 0 Å². The highest BCUT2D eigenvalue weighted by atomic mass is 127. The van der Waals surface area contributed by atoms with Crippen LogP contribution in [-0.4, -0.2) is 24.9 Å². The van der Waals surface area contributed by atoms with E-state index in [0.717, 1.165) is 12.0 Å². The maximum absolute atomic E-state index is 11.0. The summed E-state index contributed by atoms with van der Waals surface area (Å²) in [6.07, 6.45) is 2.34. The highest BCUT2D eigenvalue weighted by Gasteiger charge is 2.01. The smallest absolute Gasteiger partial charge is 0.229 e. The summed E-state index contributed by atoms with van der Waals surface area (Å²) in [7, 11) is -3.17. The first-order valence-electron chi connectivity index (χ1n) is 4.78. The first kappa shape index (κ1) is 14.1. The number of thioether (sulfide) groups is 1. The molecule has 0 atom stereocenters. The van der Waals surface area contributed by atoms with E-state index >= 15 is 0 Å². The number of rotatable bonds is 6. The van der Waals surface area contributed by atoms with Crippen LogP contribution in [0.15, 0.2) is 29.2 Å². The predicted molar refractivity (Wildman–Crippen MR) is 79.1 cm³/mol. The van der Waals surface area contributed by atoms with E-state index in [1.165, 1.54) is 15.7 Å². The van der Waals surface area contributed by atoms with Gasteiger partial charge in [0.05, 0.1) is 6.26 Å². The lowest BCUT2D eigenvalue weighted by atomic mass is 10.3. The van der Waals surface area contributed by atoms with Gasteiger partial charge in [-0.3, -0.25) is 4.72 Å². The molecule has 0 saturated heterocycles. The molecule has 3 nitrogen and oxygen atoms in total. The zero-order valence-electron chi connectivity index (χ0n) is 8.94. The third kappa shape index (κ3) is 5.95. The summed E-state index contributed by atoms with van der Waals surface area (Å²) in [4.78, 5) is 1.17. The third-order valence-corrected chi connectivity index (χ3v) is 4.17. The second kappa shape index (κ2) is 6.70. The number of anilines is 1. The first-order chi connectivity index (χ1) is 7.51. The molecule has 1 rings (SSSR count). The lowest BCUT2D eigenvalue weighted by molar-refractivity contribution is 0.607. The molecule has 90 valence electrons. The molecule has 1 aromatic carbocycles. The molecule has 1 aromatic rings. The molecule has 0 saturated carbocycles. The van der Waals surface area contributed by atoms with E-state index in [-0.39, 0.29) is 0 Å². The van der Waals surface area contributed by atoms with Crippen LogP contribution in [0.5, 0.6) is 0 Å². The van der Waals surface area contributed by atoms with Crippen molar-refractivity contribution in [1.82, 2.24) is 0 Å². The minimum atomic E-state index is -3.17. The minimum Gasteiger partial charge on any atom is -0.284 e. The summed E-state index contributed by atoms with van der Waals surface area (Å²) in [5.41, 5.74) is 0.612. The van der Waals surface area contributed by atoms with Crippen LogP contribution in [0, 0.1) is 0 Å². The van der Waals surface area contributed by atoms with Crippen LogP contribution in [-0.2, 0) is 10.0 Å². The Kier molecular flexibility index (Phi) is 5.91. The van der Waals surface area contributed by atoms with Crippen LogP contribution in [0.4, 0.5) is 5.69 Å². The van der Waals surface area contributed by atoms with Crippen molar-refractivity contribution < 1.29 is 8.42 Å². The fourth-order valence-electron chi connectivity index (χ4n) is 1.08. The number of sulfonamides is 1. The Balaban J connectivity index is 2.54. The molecule has 0 unspecified atom stereocenters. The molecule has 1 N–H and O–H groups in total. The van der Waals surface area contributed by atoms with Crippen LogP contribution < -0.4 is 4.72 Å². The lowest BCUT2D eigenvalue weighted by Gasteiger charge is -2.05. The highest BCUT2D eigenvalue weighted by Crippen LogP contribution is 2.21. The molecular weight excluding hydrogens is 357 g/mol. The van der Waals surface area contributed by atoms with Crippen LogP contribution in [0.3, 0.4) is 0 Å². The number of hydrogen-bond donors (Lipinski definition) is 1. The fraction of sp³-hybridized carbons (Fsp3) is 0.400. The van der Waals surface area contributed by atoms with Crippen molar-refractivity contribution in [1.29, 1.82) is 0 Å². The lowest BCUT2D eigenvalue weighted by Crippen LogP contribution is -2.09. The van der Waals surface area contributed by atoms with Gasteiger partial charge in [0.1, 0.15) is 0 Å². The molecule has 0 heterocycles. The molecular formula is C10H14INO2S2. The molecule has 0 aliphatic rings. The van der Waals surface area contributed by atoms with E-state index in [0.29, 0.717) is 5.69 Å². The Hall–Kier alpha value is 0.0500. The van der Waals surface area contributed by atoms with Gasteiger partial charge in [0, 0.05) is 15.0 Å². The second-order valence-corrected chi connectivity index (χ2v) is 7.29. The molecule has 0 bridgehead atoms. The average Bonchev–Trinajstić information content (AvgIpc) is 2.19. The minimum absolute atomic E-state index is 0.612. The van der Waals surface area contributed by atoms with Crippen molar-refractivity contribution in [2.45, 2.75) is 11.3 Å². The van der Waals surface area contributed by atoms with Crippen LogP contribution >= 0.6 is 34.4 Å². The van der Waals surface area contributed by atoms with Gasteiger partial charge >= 0.3 is 0 Å². The largest absolute Gasteiger partial charge is 0.284 e. The SMILES string of the molecule is CS(=O)(=O)Nc1ccc(SCCCI)cc1. The van der Waals surface area contributed by atoms with Crippen molar-refractivity contribution in [3.05, 3.63) is 24.3 Å². The summed E-state index contributed by atoms with van der Waals surface area (Å²) in [6.45, 7) is 0. The number of nitrogens with one attached hydrogen (secondary N) is 1. The molecule has 16 heavy (non-hydrogen) atoms. The summed E-state index contributed by atoms with van der Waals surface area (Å²) >= 11 is 4.15. The van der Waals surface area contributed by atoms with Crippen LogP contribution in [0.1, 0.15) is 6.42 Å². The predicted octanol–water partition coefficient (Wildman–Crippen LogP) is 2.98. The Bertz CT molecular complexity index is 417. The molecule has 0 aromatic heterocycles. The molecule has 0 fully saturated rings. The van der Waals surface area contributed by atoms with E-state index in [1.807, 2.05) is 12.1 Å². The number of alkyl halides is 1. The Morgan fingerprint density at radius 1 is 1.31 bits per heavy atom. The van der Waals surface area contributed by atoms with Crippen LogP contribution in [0.2, 0.25) is 0 Å². The summed E-state index contributed by atoms with van der Waals surface area (Å²) in [6, 6.07) is 7.44. The van der Waals surface area contributed by atoms with Crippen molar-refractivity contribution in [3.8, 4) is 0 Å². The van der Waals surface area contributed by atoms with Gasteiger partial charge in [-0.05, 0) is 36.4 Å². The summed E-state index contributed by atoms with van der Waals surface area (Å²) in [5, 5.41) is 0. The van der Waals surface area contributed by atoms with Crippen molar-refractivity contribution in [2.24, 2.45) is 0 Å². The van der Waals surface area contributed by atoms with Gasteiger partial charge in [0.2, 0.25) is 10.0 Å². The topological polar surface area (TPSA) is 46.2 Å². The van der Waals surface area contributed by atoms with Gasteiger partial charge in [0.25, 0.3) is 0 Å². The third-order valence-electron chi connectivity index (χ3n) is 1.70. The zero-order valence-corrected chi connectivity index (χ0v) is 12.7. The zero-order chi connectivity index (χ0) is 12.0. The number of hydrogen-bond acceptors (Lipinski definition) is 3. The molecule has 0 radical (unpaired) electrons. The molecule has 0 spiro atoms. The monoisotopic (exact) mass is 371 g/mol. The van der Waals surface area contributed by atoms with Crippen molar-refractivity contribution >= 4 is 50.1 Å². The maximum Gasteiger partial charge on any atom is 0.229 e. The van der Waals surface area contributed by atoms with E-state index in [4.69, 9.17) is 0 Å². The molecule has 0 aliphatic heterocycles. The normalized spacial score (nSPS) is 11.4. The van der Waals surface area contributed by atoms with Gasteiger partial charge < -0.3 is 0 Å². The number of benzene rings is 1. The summed E-state index contributed by atoms with van der Waals surface area (Å²) in [5.74, 6) is 1.10. The fourth-order valence-corrected chi connectivity index (χ4v) is 3.39.